The van der Waals surface area contributed by atoms with Crippen LogP contribution >= 0.6 is 0 Å². The minimum Gasteiger partial charge on any atom is -0.322 e. The molecule has 1 saturated heterocycles. The average molecular weight is 294 g/mol. The standard InChI is InChI=1S/C18H34N2O/c1-6-9-16-19-14(12-13(2)3)17(21)20(16)15-10-7-8-11-18(15,4)5/h13-16,19H,6-12H2,1-5H3. The molecule has 122 valence electrons. The van der Waals surface area contributed by atoms with Crippen LogP contribution in [0.25, 0.3) is 0 Å². The van der Waals surface area contributed by atoms with Gasteiger partial charge in [-0.1, -0.05) is 53.9 Å². The first-order valence-corrected chi connectivity index (χ1v) is 8.95. The van der Waals surface area contributed by atoms with Gasteiger partial charge in [0.2, 0.25) is 5.91 Å². The fourth-order valence-electron chi connectivity index (χ4n) is 4.22. The van der Waals surface area contributed by atoms with Crippen molar-refractivity contribution in [3.8, 4) is 0 Å². The molecule has 0 radical (unpaired) electrons. The predicted molar refractivity (Wildman–Crippen MR) is 88.0 cm³/mol. The van der Waals surface area contributed by atoms with Crippen molar-refractivity contribution < 1.29 is 4.79 Å². The number of nitrogens with zero attached hydrogens (tertiary/aromatic N) is 1. The summed E-state index contributed by atoms with van der Waals surface area (Å²) in [6, 6.07) is 0.458. The fraction of sp³-hybridized carbons (Fsp3) is 0.944. The molecule has 0 bridgehead atoms. The van der Waals surface area contributed by atoms with Crippen molar-refractivity contribution in [1.82, 2.24) is 10.2 Å². The lowest BCUT2D eigenvalue weighted by molar-refractivity contribution is -0.136. The van der Waals surface area contributed by atoms with E-state index in [-0.39, 0.29) is 17.6 Å². The topological polar surface area (TPSA) is 32.3 Å². The first kappa shape index (κ1) is 16.8. The van der Waals surface area contributed by atoms with Gasteiger partial charge in [0.05, 0.1) is 12.2 Å². The van der Waals surface area contributed by atoms with E-state index in [2.05, 4.69) is 44.8 Å². The van der Waals surface area contributed by atoms with Gasteiger partial charge in [0.25, 0.3) is 0 Å². The molecule has 21 heavy (non-hydrogen) atoms. The Hall–Kier alpha value is -0.570. The molecular formula is C18H34N2O. The Balaban J connectivity index is 2.19. The number of hydrogen-bond donors (Lipinski definition) is 1. The molecule has 0 aromatic carbocycles. The molecule has 1 aliphatic heterocycles. The molecule has 1 heterocycles. The van der Waals surface area contributed by atoms with Gasteiger partial charge < -0.3 is 4.90 Å². The summed E-state index contributed by atoms with van der Waals surface area (Å²) in [7, 11) is 0. The highest BCUT2D eigenvalue weighted by atomic mass is 16.2. The number of rotatable bonds is 5. The summed E-state index contributed by atoms with van der Waals surface area (Å²) in [6.45, 7) is 11.3. The number of hydrogen-bond acceptors (Lipinski definition) is 2. The third kappa shape index (κ3) is 3.61. The van der Waals surface area contributed by atoms with E-state index in [1.165, 1.54) is 25.7 Å². The number of nitrogens with one attached hydrogen (secondary N) is 1. The lowest BCUT2D eigenvalue weighted by Gasteiger charge is -2.45. The molecule has 0 spiro atoms. The molecule has 3 atom stereocenters. The van der Waals surface area contributed by atoms with Gasteiger partial charge in [-0.25, -0.2) is 0 Å². The summed E-state index contributed by atoms with van der Waals surface area (Å²) in [4.78, 5) is 15.2. The van der Waals surface area contributed by atoms with E-state index in [0.29, 0.717) is 17.9 Å². The Morgan fingerprint density at radius 3 is 2.62 bits per heavy atom. The number of carbonyl (C=O) groups excluding carboxylic acids is 1. The largest absolute Gasteiger partial charge is 0.322 e. The van der Waals surface area contributed by atoms with Gasteiger partial charge in [0.15, 0.2) is 0 Å². The van der Waals surface area contributed by atoms with E-state index in [4.69, 9.17) is 0 Å². The Morgan fingerprint density at radius 2 is 2.05 bits per heavy atom. The van der Waals surface area contributed by atoms with E-state index in [1.807, 2.05) is 0 Å². The average Bonchev–Trinajstić information content (AvgIpc) is 2.66. The van der Waals surface area contributed by atoms with Crippen LogP contribution in [0.15, 0.2) is 0 Å². The summed E-state index contributed by atoms with van der Waals surface area (Å²) >= 11 is 0. The van der Waals surface area contributed by atoms with Gasteiger partial charge in [0.1, 0.15) is 0 Å². The Labute approximate surface area is 130 Å². The highest BCUT2D eigenvalue weighted by Crippen LogP contribution is 2.41. The second-order valence-corrected chi connectivity index (χ2v) is 8.15. The normalized spacial score (nSPS) is 33.0. The maximum atomic E-state index is 13.0. The summed E-state index contributed by atoms with van der Waals surface area (Å²) in [5.41, 5.74) is 0.258. The maximum absolute atomic E-state index is 13.0. The van der Waals surface area contributed by atoms with Crippen LogP contribution in [-0.2, 0) is 4.79 Å². The molecule has 3 unspecified atom stereocenters. The van der Waals surface area contributed by atoms with E-state index in [0.717, 1.165) is 19.3 Å². The van der Waals surface area contributed by atoms with Gasteiger partial charge in [-0.15, -0.1) is 0 Å². The minimum atomic E-state index is 0.0410. The summed E-state index contributed by atoms with van der Waals surface area (Å²) in [6.07, 6.45) is 8.43. The first-order valence-electron chi connectivity index (χ1n) is 8.95. The molecule has 2 rings (SSSR count). The van der Waals surface area contributed by atoms with Gasteiger partial charge >= 0.3 is 0 Å². The maximum Gasteiger partial charge on any atom is 0.241 e. The molecule has 2 aliphatic rings. The van der Waals surface area contributed by atoms with Crippen LogP contribution in [0.1, 0.15) is 79.6 Å². The SMILES string of the molecule is CCCC1NC(CC(C)C)C(=O)N1C1CCCCC1(C)C. The van der Waals surface area contributed by atoms with Crippen LogP contribution in [0.5, 0.6) is 0 Å². The smallest absolute Gasteiger partial charge is 0.241 e. The molecule has 3 heteroatoms. The number of carbonyl (C=O) groups is 1. The lowest BCUT2D eigenvalue weighted by Crippen LogP contribution is -2.52. The summed E-state index contributed by atoms with van der Waals surface area (Å²) in [5.74, 6) is 0.926. The molecule has 0 aromatic heterocycles. The van der Waals surface area contributed by atoms with Crippen molar-refractivity contribution in [2.75, 3.05) is 0 Å². The van der Waals surface area contributed by atoms with Crippen LogP contribution in [0.4, 0.5) is 0 Å². The summed E-state index contributed by atoms with van der Waals surface area (Å²) < 4.78 is 0. The van der Waals surface area contributed by atoms with Gasteiger partial charge in [-0.2, -0.15) is 0 Å². The Kier molecular flexibility index (Phi) is 5.34. The molecule has 2 fully saturated rings. The number of amides is 1. The van der Waals surface area contributed by atoms with Gasteiger partial charge in [0, 0.05) is 6.04 Å². The lowest BCUT2D eigenvalue weighted by atomic mass is 9.72. The van der Waals surface area contributed by atoms with E-state index >= 15 is 0 Å². The van der Waals surface area contributed by atoms with E-state index < -0.39 is 0 Å². The molecule has 1 amide bonds. The van der Waals surface area contributed by atoms with E-state index in [9.17, 15) is 4.79 Å². The van der Waals surface area contributed by atoms with Crippen LogP contribution in [0.3, 0.4) is 0 Å². The predicted octanol–water partition coefficient (Wildman–Crippen LogP) is 3.93. The van der Waals surface area contributed by atoms with Crippen LogP contribution < -0.4 is 5.32 Å². The van der Waals surface area contributed by atoms with Gasteiger partial charge in [-0.05, 0) is 37.0 Å². The van der Waals surface area contributed by atoms with Crippen molar-refractivity contribution >= 4 is 5.91 Å². The zero-order valence-electron chi connectivity index (χ0n) is 14.6. The zero-order valence-corrected chi connectivity index (χ0v) is 14.6. The second kappa shape index (κ2) is 6.68. The third-order valence-electron chi connectivity index (χ3n) is 5.34. The van der Waals surface area contributed by atoms with Crippen LogP contribution in [0, 0.1) is 11.3 Å². The van der Waals surface area contributed by atoms with Crippen molar-refractivity contribution in [3.63, 3.8) is 0 Å². The highest BCUT2D eigenvalue weighted by molar-refractivity contribution is 5.84. The highest BCUT2D eigenvalue weighted by Gasteiger charge is 2.47. The van der Waals surface area contributed by atoms with Crippen LogP contribution in [0.2, 0.25) is 0 Å². The molecular weight excluding hydrogens is 260 g/mol. The monoisotopic (exact) mass is 294 g/mol. The quantitative estimate of drug-likeness (QED) is 0.833. The molecule has 3 nitrogen and oxygen atoms in total. The first-order chi connectivity index (χ1) is 9.86. The second-order valence-electron chi connectivity index (χ2n) is 8.15. The van der Waals surface area contributed by atoms with Crippen molar-refractivity contribution in [2.24, 2.45) is 11.3 Å². The Morgan fingerprint density at radius 1 is 1.33 bits per heavy atom. The molecule has 1 aliphatic carbocycles. The zero-order chi connectivity index (χ0) is 15.6. The van der Waals surface area contributed by atoms with E-state index in [1.54, 1.807) is 0 Å². The van der Waals surface area contributed by atoms with Crippen molar-refractivity contribution in [2.45, 2.75) is 97.8 Å². The minimum absolute atomic E-state index is 0.0410. The molecule has 1 N–H and O–H groups in total. The fourth-order valence-corrected chi connectivity index (χ4v) is 4.22. The Bertz CT molecular complexity index is 364. The molecule has 1 saturated carbocycles. The van der Waals surface area contributed by atoms with Crippen LogP contribution in [-0.4, -0.2) is 29.1 Å². The summed E-state index contributed by atoms with van der Waals surface area (Å²) in [5, 5.41) is 3.63. The van der Waals surface area contributed by atoms with Gasteiger partial charge in [-0.3, -0.25) is 10.1 Å². The van der Waals surface area contributed by atoms with Crippen molar-refractivity contribution in [3.05, 3.63) is 0 Å². The molecule has 0 aromatic rings. The third-order valence-corrected chi connectivity index (χ3v) is 5.34. The van der Waals surface area contributed by atoms with Crippen molar-refractivity contribution in [1.29, 1.82) is 0 Å².